The van der Waals surface area contributed by atoms with Crippen LogP contribution in [0.1, 0.15) is 27.3 Å². The van der Waals surface area contributed by atoms with E-state index >= 15 is 0 Å². The number of hydrogen-bond acceptors (Lipinski definition) is 5. The fraction of sp³-hybridized carbons (Fsp3) is 0.0400. The summed E-state index contributed by atoms with van der Waals surface area (Å²) in [6.07, 6.45) is 3.21. The molecule has 0 aliphatic rings. The summed E-state index contributed by atoms with van der Waals surface area (Å²) in [6, 6.07) is 21.4. The summed E-state index contributed by atoms with van der Waals surface area (Å²) in [4.78, 5) is 5.55. The van der Waals surface area contributed by atoms with Crippen LogP contribution in [0.5, 0.6) is 0 Å². The minimum atomic E-state index is -0.414. The number of benzene rings is 2. The number of para-hydroxylation sites is 1. The van der Waals surface area contributed by atoms with E-state index in [-0.39, 0.29) is 16.8 Å². The standard InChI is InChI=1S/C25H16FN5S/c1-17-10-11-32-23(17)16-29-25-22(15-28)24(30-31(25)21-8-3-2-4-9-21)19(14-27)12-18-6-5-7-20(26)13-18/h2-13,16H,1H3. The molecule has 4 aromatic rings. The fourth-order valence-corrected chi connectivity index (χ4v) is 3.91. The highest BCUT2D eigenvalue weighted by atomic mass is 32.1. The first-order valence-corrected chi connectivity index (χ1v) is 10.5. The van der Waals surface area contributed by atoms with Gasteiger partial charge >= 0.3 is 0 Å². The normalized spacial score (nSPS) is 11.4. The molecule has 0 aliphatic heterocycles. The summed E-state index contributed by atoms with van der Waals surface area (Å²) in [5, 5.41) is 26.3. The Bertz CT molecular complexity index is 1410. The van der Waals surface area contributed by atoms with E-state index in [1.807, 2.05) is 48.7 Å². The Hall–Kier alpha value is -4.33. The van der Waals surface area contributed by atoms with Gasteiger partial charge in [-0.3, -0.25) is 0 Å². The molecule has 0 N–H and O–H groups in total. The molecule has 2 aromatic carbocycles. The smallest absolute Gasteiger partial charge is 0.174 e. The third-order valence-corrected chi connectivity index (χ3v) is 5.67. The van der Waals surface area contributed by atoms with Crippen molar-refractivity contribution >= 4 is 35.0 Å². The number of allylic oxidation sites excluding steroid dienone is 1. The molecule has 7 heteroatoms. The molecule has 0 atom stereocenters. The number of aryl methyl sites for hydroxylation is 1. The lowest BCUT2D eigenvalue weighted by atomic mass is 10.1. The summed E-state index contributed by atoms with van der Waals surface area (Å²) in [5.41, 5.74) is 2.78. The Labute approximate surface area is 188 Å². The van der Waals surface area contributed by atoms with Crippen molar-refractivity contribution in [3.8, 4) is 17.8 Å². The first-order valence-electron chi connectivity index (χ1n) is 9.65. The lowest BCUT2D eigenvalue weighted by Crippen LogP contribution is -1.97. The first kappa shape index (κ1) is 20.9. The highest BCUT2D eigenvalue weighted by Gasteiger charge is 2.21. The third kappa shape index (κ3) is 4.24. The molecule has 154 valence electrons. The molecule has 0 unspecified atom stereocenters. The molecule has 0 saturated heterocycles. The zero-order valence-electron chi connectivity index (χ0n) is 17.0. The van der Waals surface area contributed by atoms with E-state index in [1.54, 1.807) is 34.4 Å². The van der Waals surface area contributed by atoms with Crippen LogP contribution in [-0.2, 0) is 0 Å². The maximum absolute atomic E-state index is 13.6. The molecule has 0 spiro atoms. The van der Waals surface area contributed by atoms with Gasteiger partial charge < -0.3 is 0 Å². The van der Waals surface area contributed by atoms with Crippen LogP contribution in [0.2, 0.25) is 0 Å². The maximum Gasteiger partial charge on any atom is 0.174 e. The zero-order valence-corrected chi connectivity index (χ0v) is 17.8. The van der Waals surface area contributed by atoms with Gasteiger partial charge in [0.25, 0.3) is 0 Å². The Morgan fingerprint density at radius 2 is 1.94 bits per heavy atom. The van der Waals surface area contributed by atoms with Crippen molar-refractivity contribution in [1.82, 2.24) is 9.78 Å². The van der Waals surface area contributed by atoms with Gasteiger partial charge in [0.1, 0.15) is 29.2 Å². The van der Waals surface area contributed by atoms with Crippen LogP contribution < -0.4 is 0 Å². The predicted octanol–water partition coefficient (Wildman–Crippen LogP) is 6.07. The summed E-state index contributed by atoms with van der Waals surface area (Å²) in [5.74, 6) is -0.0927. The second-order valence-corrected chi connectivity index (χ2v) is 7.80. The predicted molar refractivity (Wildman–Crippen MR) is 124 cm³/mol. The fourth-order valence-electron chi connectivity index (χ4n) is 3.12. The average molecular weight is 438 g/mol. The summed E-state index contributed by atoms with van der Waals surface area (Å²) < 4.78 is 15.2. The number of aromatic nitrogens is 2. The number of rotatable bonds is 5. The van der Waals surface area contributed by atoms with Gasteiger partial charge in [0.05, 0.1) is 11.3 Å². The molecule has 2 heterocycles. The minimum Gasteiger partial charge on any atom is -0.234 e. The van der Waals surface area contributed by atoms with Gasteiger partial charge in [0, 0.05) is 11.1 Å². The molecular formula is C25H16FN5S. The highest BCUT2D eigenvalue weighted by molar-refractivity contribution is 7.11. The van der Waals surface area contributed by atoms with Gasteiger partial charge in [-0.1, -0.05) is 30.3 Å². The maximum atomic E-state index is 13.6. The topological polar surface area (TPSA) is 77.8 Å². The number of halogens is 1. The Morgan fingerprint density at radius 3 is 2.59 bits per heavy atom. The van der Waals surface area contributed by atoms with Crippen LogP contribution >= 0.6 is 11.3 Å². The molecule has 0 fully saturated rings. The highest BCUT2D eigenvalue weighted by Crippen LogP contribution is 2.31. The first-order chi connectivity index (χ1) is 15.6. The summed E-state index contributed by atoms with van der Waals surface area (Å²) >= 11 is 1.54. The molecule has 0 radical (unpaired) electrons. The molecule has 0 aliphatic carbocycles. The Balaban J connectivity index is 1.91. The number of nitrogens with zero attached hydrogens (tertiary/aromatic N) is 5. The van der Waals surface area contributed by atoms with Crippen molar-refractivity contribution in [2.24, 2.45) is 4.99 Å². The molecule has 0 saturated carbocycles. The van der Waals surface area contributed by atoms with E-state index in [1.165, 1.54) is 18.2 Å². The molecule has 5 nitrogen and oxygen atoms in total. The van der Waals surface area contributed by atoms with E-state index in [2.05, 4.69) is 22.2 Å². The van der Waals surface area contributed by atoms with Crippen molar-refractivity contribution in [2.75, 3.05) is 0 Å². The number of thiophene rings is 1. The Kier molecular flexibility index (Phi) is 6.03. The molecule has 0 bridgehead atoms. The van der Waals surface area contributed by atoms with Gasteiger partial charge in [-0.05, 0) is 59.8 Å². The number of nitriles is 2. The van der Waals surface area contributed by atoms with E-state index in [9.17, 15) is 14.9 Å². The van der Waals surface area contributed by atoms with Crippen LogP contribution in [-0.4, -0.2) is 16.0 Å². The second-order valence-electron chi connectivity index (χ2n) is 6.86. The molecule has 0 amide bonds. The zero-order chi connectivity index (χ0) is 22.5. The molecular weight excluding hydrogens is 421 g/mol. The van der Waals surface area contributed by atoms with Gasteiger partial charge in [-0.15, -0.1) is 11.3 Å². The average Bonchev–Trinajstić information content (AvgIpc) is 3.39. The summed E-state index contributed by atoms with van der Waals surface area (Å²) in [6.45, 7) is 1.98. The monoisotopic (exact) mass is 437 g/mol. The number of aliphatic imine (C=N–C) groups is 1. The number of hydrogen-bond donors (Lipinski definition) is 0. The summed E-state index contributed by atoms with van der Waals surface area (Å²) in [7, 11) is 0. The molecule has 32 heavy (non-hydrogen) atoms. The van der Waals surface area contributed by atoms with Crippen LogP contribution in [0.25, 0.3) is 17.3 Å². The van der Waals surface area contributed by atoms with Crippen molar-refractivity contribution in [2.45, 2.75) is 6.92 Å². The van der Waals surface area contributed by atoms with Gasteiger partial charge in [-0.2, -0.15) is 15.6 Å². The van der Waals surface area contributed by atoms with Crippen LogP contribution in [0.15, 0.2) is 71.0 Å². The third-order valence-electron chi connectivity index (χ3n) is 4.71. The second kappa shape index (κ2) is 9.22. The molecule has 4 rings (SSSR count). The van der Waals surface area contributed by atoms with Gasteiger partial charge in [0.2, 0.25) is 0 Å². The van der Waals surface area contributed by atoms with E-state index < -0.39 is 5.82 Å². The van der Waals surface area contributed by atoms with Crippen LogP contribution in [0, 0.1) is 35.4 Å². The van der Waals surface area contributed by atoms with Crippen LogP contribution in [0.3, 0.4) is 0 Å². The van der Waals surface area contributed by atoms with Crippen molar-refractivity contribution in [3.05, 3.63) is 99.1 Å². The van der Waals surface area contributed by atoms with E-state index in [0.717, 1.165) is 10.4 Å². The van der Waals surface area contributed by atoms with Crippen LogP contribution in [0.4, 0.5) is 10.2 Å². The minimum absolute atomic E-state index is 0.144. The van der Waals surface area contributed by atoms with Crippen molar-refractivity contribution in [3.63, 3.8) is 0 Å². The Morgan fingerprint density at radius 1 is 1.12 bits per heavy atom. The van der Waals surface area contributed by atoms with Gasteiger partial charge in [0.15, 0.2) is 5.82 Å². The van der Waals surface area contributed by atoms with E-state index in [4.69, 9.17) is 0 Å². The van der Waals surface area contributed by atoms with Crippen molar-refractivity contribution in [1.29, 1.82) is 10.5 Å². The van der Waals surface area contributed by atoms with E-state index in [0.29, 0.717) is 17.1 Å². The largest absolute Gasteiger partial charge is 0.234 e. The SMILES string of the molecule is Cc1ccsc1C=Nc1c(C#N)c(C(C#N)=Cc2cccc(F)c2)nn1-c1ccccc1. The van der Waals surface area contributed by atoms with Gasteiger partial charge in [-0.25, -0.2) is 14.1 Å². The van der Waals surface area contributed by atoms with Crippen molar-refractivity contribution < 1.29 is 4.39 Å². The lowest BCUT2D eigenvalue weighted by Gasteiger charge is -2.03. The quantitative estimate of drug-likeness (QED) is 0.281. The molecule has 2 aromatic heterocycles. The lowest BCUT2D eigenvalue weighted by molar-refractivity contribution is 0.627.